The van der Waals surface area contributed by atoms with Crippen LogP contribution in [0.4, 0.5) is 0 Å². The van der Waals surface area contributed by atoms with Crippen LogP contribution in [0, 0.1) is 0 Å². The molecule has 0 aliphatic carbocycles. The van der Waals surface area contributed by atoms with Crippen LogP contribution in [0.1, 0.15) is 19.4 Å². The van der Waals surface area contributed by atoms with Crippen molar-refractivity contribution in [2.24, 2.45) is 0 Å². The summed E-state index contributed by atoms with van der Waals surface area (Å²) in [4.78, 5) is 0. The summed E-state index contributed by atoms with van der Waals surface area (Å²) in [6, 6.07) is 4.80. The summed E-state index contributed by atoms with van der Waals surface area (Å²) >= 11 is 0. The lowest BCUT2D eigenvalue weighted by molar-refractivity contribution is 0.403. The summed E-state index contributed by atoms with van der Waals surface area (Å²) in [6.45, 7) is 3.88. The van der Waals surface area contributed by atoms with Gasteiger partial charge < -0.3 is 10.2 Å². The van der Waals surface area contributed by atoms with Crippen LogP contribution in [0.5, 0.6) is 11.5 Å². The quantitative estimate of drug-likeness (QED) is 0.626. The number of phenolic OH excluding ortho intramolecular Hbond substituents is 2. The first-order chi connectivity index (χ1) is 5.65. The minimum atomic E-state index is -0.0809. The van der Waals surface area contributed by atoms with Gasteiger partial charge in [0.1, 0.15) is 0 Å². The van der Waals surface area contributed by atoms with Crippen LogP contribution < -0.4 is 0 Å². The normalized spacial score (nSPS) is 11.7. The van der Waals surface area contributed by atoms with Crippen LogP contribution in [-0.2, 0) is 0 Å². The maximum absolute atomic E-state index is 9.17. The largest absolute Gasteiger partial charge is 0.504 e. The molecule has 1 aromatic rings. The van der Waals surface area contributed by atoms with Crippen molar-refractivity contribution in [2.45, 2.75) is 13.8 Å². The molecule has 0 heterocycles. The van der Waals surface area contributed by atoms with Crippen molar-refractivity contribution in [3.05, 3.63) is 29.8 Å². The topological polar surface area (TPSA) is 40.5 Å². The molecule has 0 amide bonds. The molecular formula is C10H12O2. The summed E-state index contributed by atoms with van der Waals surface area (Å²) < 4.78 is 0. The number of benzene rings is 1. The molecule has 0 spiro atoms. The third-order valence-corrected chi connectivity index (χ3v) is 1.86. The van der Waals surface area contributed by atoms with Crippen molar-refractivity contribution in [2.75, 3.05) is 0 Å². The first-order valence-electron chi connectivity index (χ1n) is 3.80. The average molecular weight is 164 g/mol. The number of hydrogen-bond acceptors (Lipinski definition) is 2. The zero-order valence-corrected chi connectivity index (χ0v) is 7.20. The van der Waals surface area contributed by atoms with Gasteiger partial charge in [-0.1, -0.05) is 12.1 Å². The van der Waals surface area contributed by atoms with Gasteiger partial charge in [-0.25, -0.2) is 0 Å². The molecule has 2 heteroatoms. The number of phenols is 2. The van der Waals surface area contributed by atoms with Crippen LogP contribution in [-0.4, -0.2) is 10.2 Å². The van der Waals surface area contributed by atoms with E-state index in [2.05, 4.69) is 0 Å². The highest BCUT2D eigenvalue weighted by Gasteiger charge is 2.00. The average Bonchev–Trinajstić information content (AvgIpc) is 2.08. The Labute approximate surface area is 71.8 Å². The predicted molar refractivity (Wildman–Crippen MR) is 49.1 cm³/mol. The highest BCUT2D eigenvalue weighted by atomic mass is 16.3. The van der Waals surface area contributed by atoms with E-state index in [0.29, 0.717) is 0 Å². The van der Waals surface area contributed by atoms with Crippen LogP contribution in [0.25, 0.3) is 5.57 Å². The van der Waals surface area contributed by atoms with Crippen LogP contribution in [0.15, 0.2) is 24.3 Å². The highest BCUT2D eigenvalue weighted by molar-refractivity contribution is 5.65. The second kappa shape index (κ2) is 3.30. The zero-order valence-electron chi connectivity index (χ0n) is 7.20. The van der Waals surface area contributed by atoms with E-state index >= 15 is 0 Å². The number of rotatable bonds is 1. The molecule has 0 aromatic heterocycles. The SMILES string of the molecule is CC=C(C)c1ccc(O)c(O)c1. The van der Waals surface area contributed by atoms with Crippen molar-refractivity contribution in [3.8, 4) is 11.5 Å². The third kappa shape index (κ3) is 1.59. The van der Waals surface area contributed by atoms with E-state index in [9.17, 15) is 0 Å². The van der Waals surface area contributed by atoms with Gasteiger partial charge in [0.15, 0.2) is 11.5 Å². The van der Waals surface area contributed by atoms with Gasteiger partial charge in [0.25, 0.3) is 0 Å². The first-order valence-corrected chi connectivity index (χ1v) is 3.80. The Morgan fingerprint density at radius 1 is 1.25 bits per heavy atom. The third-order valence-electron chi connectivity index (χ3n) is 1.86. The Morgan fingerprint density at radius 3 is 2.42 bits per heavy atom. The second-order valence-electron chi connectivity index (χ2n) is 2.68. The lowest BCUT2D eigenvalue weighted by Gasteiger charge is -2.02. The van der Waals surface area contributed by atoms with Crippen molar-refractivity contribution in [3.63, 3.8) is 0 Å². The summed E-state index contributed by atoms with van der Waals surface area (Å²) in [5.74, 6) is -0.156. The Kier molecular flexibility index (Phi) is 2.38. The number of allylic oxidation sites excluding steroid dienone is 2. The first kappa shape index (κ1) is 8.65. The van der Waals surface area contributed by atoms with Gasteiger partial charge in [0.2, 0.25) is 0 Å². The van der Waals surface area contributed by atoms with Crippen LogP contribution >= 0.6 is 0 Å². The fourth-order valence-electron chi connectivity index (χ4n) is 0.935. The van der Waals surface area contributed by atoms with Gasteiger partial charge in [-0.05, 0) is 37.1 Å². The Balaban J connectivity index is 3.13. The maximum Gasteiger partial charge on any atom is 0.157 e. The lowest BCUT2D eigenvalue weighted by Crippen LogP contribution is -1.78. The van der Waals surface area contributed by atoms with E-state index in [4.69, 9.17) is 10.2 Å². The molecule has 12 heavy (non-hydrogen) atoms. The fourth-order valence-corrected chi connectivity index (χ4v) is 0.935. The molecule has 2 N–H and O–H groups in total. The fraction of sp³-hybridized carbons (Fsp3) is 0.200. The minimum Gasteiger partial charge on any atom is -0.504 e. The predicted octanol–water partition coefficient (Wildman–Crippen LogP) is 2.52. The van der Waals surface area contributed by atoms with E-state index in [0.717, 1.165) is 11.1 Å². The molecule has 0 atom stereocenters. The number of hydrogen-bond donors (Lipinski definition) is 2. The van der Waals surface area contributed by atoms with Gasteiger partial charge in [-0.3, -0.25) is 0 Å². The van der Waals surface area contributed by atoms with E-state index < -0.39 is 0 Å². The maximum atomic E-state index is 9.17. The lowest BCUT2D eigenvalue weighted by atomic mass is 10.1. The van der Waals surface area contributed by atoms with E-state index in [1.54, 1.807) is 12.1 Å². The molecular weight excluding hydrogens is 152 g/mol. The summed E-state index contributed by atoms with van der Waals surface area (Å²) in [5, 5.41) is 18.2. The molecule has 0 aliphatic rings. The Bertz CT molecular complexity index is 314. The summed E-state index contributed by atoms with van der Waals surface area (Å²) in [6.07, 6.45) is 1.95. The van der Waals surface area contributed by atoms with Gasteiger partial charge in [-0.15, -0.1) is 0 Å². The molecule has 0 aliphatic heterocycles. The van der Waals surface area contributed by atoms with Crippen molar-refractivity contribution >= 4 is 5.57 Å². The van der Waals surface area contributed by atoms with Crippen molar-refractivity contribution < 1.29 is 10.2 Å². The molecule has 0 saturated heterocycles. The van der Waals surface area contributed by atoms with Gasteiger partial charge in [0.05, 0.1) is 0 Å². The van der Waals surface area contributed by atoms with E-state index in [1.807, 2.05) is 19.9 Å². The zero-order chi connectivity index (χ0) is 9.14. The molecule has 0 radical (unpaired) electrons. The molecule has 2 nitrogen and oxygen atoms in total. The molecule has 1 rings (SSSR count). The minimum absolute atomic E-state index is 0.0753. The van der Waals surface area contributed by atoms with Gasteiger partial charge in [-0.2, -0.15) is 0 Å². The highest BCUT2D eigenvalue weighted by Crippen LogP contribution is 2.27. The van der Waals surface area contributed by atoms with Crippen LogP contribution in [0.3, 0.4) is 0 Å². The van der Waals surface area contributed by atoms with Crippen LogP contribution in [0.2, 0.25) is 0 Å². The molecule has 0 unspecified atom stereocenters. The summed E-state index contributed by atoms with van der Waals surface area (Å²) in [5.41, 5.74) is 2.00. The van der Waals surface area contributed by atoms with E-state index in [1.165, 1.54) is 6.07 Å². The standard InChI is InChI=1S/C10H12O2/c1-3-7(2)8-4-5-9(11)10(12)6-8/h3-6,11-12H,1-2H3. The smallest absolute Gasteiger partial charge is 0.157 e. The molecule has 0 bridgehead atoms. The molecule has 0 saturated carbocycles. The number of aromatic hydroxyl groups is 2. The summed E-state index contributed by atoms with van der Waals surface area (Å²) in [7, 11) is 0. The Morgan fingerprint density at radius 2 is 1.92 bits per heavy atom. The second-order valence-corrected chi connectivity index (χ2v) is 2.68. The Hall–Kier alpha value is -1.44. The monoisotopic (exact) mass is 164 g/mol. The van der Waals surface area contributed by atoms with Gasteiger partial charge >= 0.3 is 0 Å². The molecule has 64 valence electrons. The van der Waals surface area contributed by atoms with Gasteiger partial charge in [0, 0.05) is 0 Å². The molecule has 1 aromatic carbocycles. The van der Waals surface area contributed by atoms with Crippen molar-refractivity contribution in [1.82, 2.24) is 0 Å². The van der Waals surface area contributed by atoms with Crippen molar-refractivity contribution in [1.29, 1.82) is 0 Å². The van der Waals surface area contributed by atoms with E-state index in [-0.39, 0.29) is 11.5 Å². The molecule has 0 fully saturated rings.